The zero-order valence-corrected chi connectivity index (χ0v) is 18.9. The number of para-hydroxylation sites is 1. The Morgan fingerprint density at radius 2 is 1.62 bits per heavy atom. The molecule has 0 saturated carbocycles. The second kappa shape index (κ2) is 9.18. The van der Waals surface area contributed by atoms with Crippen LogP contribution in [0, 0.1) is 0 Å². The molecular formula is C24H21NO5S2. The average molecular weight is 468 g/mol. The molecule has 1 aliphatic rings. The largest absolute Gasteiger partial charge is 0.452 e. The molecule has 0 aliphatic carbocycles. The molecule has 1 amide bonds. The number of amides is 1. The molecule has 8 heteroatoms. The smallest absolute Gasteiger partial charge is 0.338 e. The van der Waals surface area contributed by atoms with Crippen molar-refractivity contribution < 1.29 is 22.7 Å². The van der Waals surface area contributed by atoms with Crippen molar-refractivity contribution in [2.24, 2.45) is 0 Å². The summed E-state index contributed by atoms with van der Waals surface area (Å²) in [6, 6.07) is 22.7. The van der Waals surface area contributed by atoms with Gasteiger partial charge in [0.1, 0.15) is 0 Å². The average Bonchev–Trinajstić information content (AvgIpc) is 2.81. The lowest BCUT2D eigenvalue weighted by Crippen LogP contribution is -2.41. The topological polar surface area (TPSA) is 80.7 Å². The first-order valence-corrected chi connectivity index (χ1v) is 12.8. The van der Waals surface area contributed by atoms with E-state index < -0.39 is 22.4 Å². The van der Waals surface area contributed by atoms with Gasteiger partial charge in [-0.1, -0.05) is 42.5 Å². The molecule has 0 unspecified atom stereocenters. The maximum Gasteiger partial charge on any atom is 0.338 e. The van der Waals surface area contributed by atoms with Crippen molar-refractivity contribution in [2.75, 3.05) is 23.5 Å². The van der Waals surface area contributed by atoms with Gasteiger partial charge in [0.05, 0.1) is 22.2 Å². The summed E-state index contributed by atoms with van der Waals surface area (Å²) in [6.45, 7) is -0.422. The number of benzene rings is 3. The van der Waals surface area contributed by atoms with E-state index in [4.69, 9.17) is 4.74 Å². The summed E-state index contributed by atoms with van der Waals surface area (Å²) < 4.78 is 28.5. The highest BCUT2D eigenvalue weighted by molar-refractivity contribution is 7.99. The van der Waals surface area contributed by atoms with E-state index in [1.807, 2.05) is 54.6 Å². The normalized spacial score (nSPS) is 15.7. The van der Waals surface area contributed by atoms with E-state index in [9.17, 15) is 18.0 Å². The molecule has 0 saturated heterocycles. The van der Waals surface area contributed by atoms with Crippen molar-refractivity contribution in [1.29, 1.82) is 0 Å². The van der Waals surface area contributed by atoms with E-state index in [2.05, 4.69) is 0 Å². The molecule has 3 aromatic rings. The molecule has 0 N–H and O–H groups in total. The number of carbonyl (C=O) groups is 2. The van der Waals surface area contributed by atoms with Gasteiger partial charge in [-0.2, -0.15) is 0 Å². The predicted molar refractivity (Wildman–Crippen MR) is 124 cm³/mol. The van der Waals surface area contributed by atoms with Crippen LogP contribution in [0.15, 0.2) is 88.7 Å². The van der Waals surface area contributed by atoms with Crippen molar-refractivity contribution in [3.8, 4) is 0 Å². The minimum absolute atomic E-state index is 0.109. The maximum atomic E-state index is 13.2. The Morgan fingerprint density at radius 1 is 0.969 bits per heavy atom. The Morgan fingerprint density at radius 3 is 2.31 bits per heavy atom. The SMILES string of the molecule is CS(=O)(=O)c1ccc(C(=O)OCC(=O)N2c3ccccc3SC[C@H]2c2ccccc2)cc1. The Labute approximate surface area is 191 Å². The summed E-state index contributed by atoms with van der Waals surface area (Å²) in [4.78, 5) is 28.5. The number of thioether (sulfide) groups is 1. The fourth-order valence-corrected chi connectivity index (χ4v) is 5.33. The van der Waals surface area contributed by atoms with Crippen LogP contribution in [-0.4, -0.2) is 38.9 Å². The minimum Gasteiger partial charge on any atom is -0.452 e. The van der Waals surface area contributed by atoms with Crippen molar-refractivity contribution in [3.05, 3.63) is 90.0 Å². The van der Waals surface area contributed by atoms with Crippen molar-refractivity contribution >= 4 is 39.2 Å². The Hall–Kier alpha value is -3.10. The second-order valence-electron chi connectivity index (χ2n) is 7.34. The highest BCUT2D eigenvalue weighted by Gasteiger charge is 2.33. The van der Waals surface area contributed by atoms with E-state index in [1.165, 1.54) is 24.3 Å². The molecule has 164 valence electrons. The number of hydrogen-bond acceptors (Lipinski definition) is 6. The third-order valence-electron chi connectivity index (χ3n) is 5.13. The molecule has 3 aromatic carbocycles. The first-order chi connectivity index (χ1) is 15.3. The number of ether oxygens (including phenoxy) is 1. The maximum absolute atomic E-state index is 13.2. The molecule has 0 bridgehead atoms. The summed E-state index contributed by atoms with van der Waals surface area (Å²) in [5.74, 6) is -0.324. The first-order valence-electron chi connectivity index (χ1n) is 9.90. The van der Waals surface area contributed by atoms with E-state index in [0.29, 0.717) is 5.75 Å². The zero-order valence-electron chi connectivity index (χ0n) is 17.3. The van der Waals surface area contributed by atoms with Gasteiger partial charge in [0, 0.05) is 16.9 Å². The Bertz CT molecular complexity index is 1240. The molecular weight excluding hydrogens is 446 g/mol. The van der Waals surface area contributed by atoms with Gasteiger partial charge in [0.2, 0.25) is 0 Å². The summed E-state index contributed by atoms with van der Waals surface area (Å²) in [7, 11) is -3.36. The molecule has 0 radical (unpaired) electrons. The lowest BCUT2D eigenvalue weighted by molar-refractivity contribution is -0.122. The van der Waals surface area contributed by atoms with Crippen LogP contribution in [0.3, 0.4) is 0 Å². The third-order valence-corrected chi connectivity index (χ3v) is 7.40. The molecule has 0 fully saturated rings. The number of anilines is 1. The summed E-state index contributed by atoms with van der Waals surface area (Å²) in [5, 5.41) is 0. The summed E-state index contributed by atoms with van der Waals surface area (Å²) >= 11 is 1.69. The highest BCUT2D eigenvalue weighted by Crippen LogP contribution is 2.43. The minimum atomic E-state index is -3.36. The molecule has 4 rings (SSSR count). The molecule has 1 aliphatic heterocycles. The van der Waals surface area contributed by atoms with Crippen LogP contribution >= 0.6 is 11.8 Å². The Balaban J connectivity index is 1.53. The number of hydrogen-bond donors (Lipinski definition) is 0. The highest BCUT2D eigenvalue weighted by atomic mass is 32.2. The summed E-state index contributed by atoms with van der Waals surface area (Å²) in [5.41, 5.74) is 1.97. The van der Waals surface area contributed by atoms with Crippen LogP contribution in [0.5, 0.6) is 0 Å². The van der Waals surface area contributed by atoms with Crippen LogP contribution in [0.25, 0.3) is 0 Å². The van der Waals surface area contributed by atoms with Gasteiger partial charge in [-0.25, -0.2) is 13.2 Å². The van der Waals surface area contributed by atoms with Crippen molar-refractivity contribution in [3.63, 3.8) is 0 Å². The van der Waals surface area contributed by atoms with Gasteiger partial charge in [-0.15, -0.1) is 11.8 Å². The van der Waals surface area contributed by atoms with Gasteiger partial charge in [0.15, 0.2) is 16.4 Å². The van der Waals surface area contributed by atoms with Crippen molar-refractivity contribution in [2.45, 2.75) is 15.8 Å². The lowest BCUT2D eigenvalue weighted by atomic mass is 10.1. The van der Waals surface area contributed by atoms with E-state index in [-0.39, 0.29) is 22.4 Å². The summed E-state index contributed by atoms with van der Waals surface area (Å²) in [6.07, 6.45) is 1.09. The lowest BCUT2D eigenvalue weighted by Gasteiger charge is -2.37. The number of rotatable bonds is 5. The quantitative estimate of drug-likeness (QED) is 0.525. The van der Waals surface area contributed by atoms with Gasteiger partial charge >= 0.3 is 5.97 Å². The predicted octanol–water partition coefficient (Wildman–Crippen LogP) is 4.13. The molecule has 1 atom stereocenters. The van der Waals surface area contributed by atoms with Crippen LogP contribution in [-0.2, 0) is 19.4 Å². The number of sulfone groups is 1. The van der Waals surface area contributed by atoms with Crippen LogP contribution in [0.4, 0.5) is 5.69 Å². The van der Waals surface area contributed by atoms with E-state index >= 15 is 0 Å². The molecule has 1 heterocycles. The second-order valence-corrected chi connectivity index (χ2v) is 10.4. The molecule has 0 spiro atoms. The third kappa shape index (κ3) is 4.71. The number of carbonyl (C=O) groups excluding carboxylic acids is 2. The van der Waals surface area contributed by atoms with Crippen LogP contribution < -0.4 is 4.90 Å². The monoisotopic (exact) mass is 467 g/mol. The number of fused-ring (bicyclic) bond motifs is 1. The van der Waals surface area contributed by atoms with Gasteiger partial charge in [-0.3, -0.25) is 9.69 Å². The molecule has 0 aromatic heterocycles. The fourth-order valence-electron chi connectivity index (χ4n) is 3.54. The fraction of sp³-hybridized carbons (Fsp3) is 0.167. The van der Waals surface area contributed by atoms with Crippen molar-refractivity contribution in [1.82, 2.24) is 0 Å². The molecule has 32 heavy (non-hydrogen) atoms. The van der Waals surface area contributed by atoms with Gasteiger partial charge in [-0.05, 0) is 42.0 Å². The molecule has 6 nitrogen and oxygen atoms in total. The van der Waals surface area contributed by atoms with E-state index in [0.717, 1.165) is 22.4 Å². The zero-order chi connectivity index (χ0) is 22.7. The van der Waals surface area contributed by atoms with Crippen LogP contribution in [0.1, 0.15) is 22.0 Å². The van der Waals surface area contributed by atoms with Gasteiger partial charge in [0.25, 0.3) is 5.91 Å². The first kappa shape index (κ1) is 22.1. The number of nitrogens with zero attached hydrogens (tertiary/aromatic N) is 1. The van der Waals surface area contributed by atoms with Gasteiger partial charge < -0.3 is 4.74 Å². The Kier molecular flexibility index (Phi) is 6.34. The standard InChI is InChI=1S/C24H21NO5S2/c1-32(28,29)19-13-11-18(12-14-19)24(27)30-15-23(26)25-20-9-5-6-10-22(20)31-16-21(25)17-7-3-2-4-8-17/h2-14,21H,15-16H2,1H3/t21-/m0/s1. The number of esters is 1. The van der Waals surface area contributed by atoms with Crippen LogP contribution in [0.2, 0.25) is 0 Å². The van der Waals surface area contributed by atoms with E-state index in [1.54, 1.807) is 16.7 Å².